The van der Waals surface area contributed by atoms with Crippen molar-refractivity contribution in [1.29, 1.82) is 0 Å². The Morgan fingerprint density at radius 2 is 2.14 bits per heavy atom. The third-order valence-corrected chi connectivity index (χ3v) is 2.79. The molecule has 0 N–H and O–H groups in total. The smallest absolute Gasteiger partial charge is 0.161 e. The number of hydrogen-bond acceptors (Lipinski definition) is 2. The number of ether oxygens (including phenoxy) is 2. The molecule has 0 amide bonds. The Balaban J connectivity index is 2.05. The fourth-order valence-electron chi connectivity index (χ4n) is 1.25. The van der Waals surface area contributed by atoms with Crippen LogP contribution in [0.3, 0.4) is 0 Å². The Bertz CT molecular complexity index is 321. The van der Waals surface area contributed by atoms with Crippen molar-refractivity contribution in [2.45, 2.75) is 12.8 Å². The molecule has 0 unspecified atom stereocenters. The van der Waals surface area contributed by atoms with Gasteiger partial charge >= 0.3 is 0 Å². The average molecular weight is 257 g/mol. The summed E-state index contributed by atoms with van der Waals surface area (Å²) in [6.07, 6.45) is 2.61. The molecule has 0 heterocycles. The summed E-state index contributed by atoms with van der Waals surface area (Å²) in [5, 5.41) is 0. The Morgan fingerprint density at radius 1 is 1.36 bits per heavy atom. The lowest BCUT2D eigenvalue weighted by molar-refractivity contribution is 0.280. The molecule has 1 aromatic carbocycles. The summed E-state index contributed by atoms with van der Waals surface area (Å²) in [4.78, 5) is 0. The molecular formula is C11H13BrO2. The second-order valence-electron chi connectivity index (χ2n) is 3.55. The molecule has 2 rings (SSSR count). The van der Waals surface area contributed by atoms with E-state index in [1.54, 1.807) is 7.11 Å². The van der Waals surface area contributed by atoms with Crippen LogP contribution < -0.4 is 9.47 Å². The van der Waals surface area contributed by atoms with E-state index in [1.807, 2.05) is 18.2 Å². The third kappa shape index (κ3) is 2.41. The summed E-state index contributed by atoms with van der Waals surface area (Å²) in [5.74, 6) is 2.39. The van der Waals surface area contributed by atoms with Gasteiger partial charge in [-0.25, -0.2) is 0 Å². The van der Waals surface area contributed by atoms with E-state index in [9.17, 15) is 0 Å². The van der Waals surface area contributed by atoms with Gasteiger partial charge in [0.25, 0.3) is 0 Å². The first kappa shape index (κ1) is 9.84. The molecule has 0 radical (unpaired) electrons. The van der Waals surface area contributed by atoms with Gasteiger partial charge in [-0.3, -0.25) is 0 Å². The zero-order valence-corrected chi connectivity index (χ0v) is 9.71. The zero-order chi connectivity index (χ0) is 9.97. The van der Waals surface area contributed by atoms with Gasteiger partial charge in [0.2, 0.25) is 0 Å². The van der Waals surface area contributed by atoms with Crippen molar-refractivity contribution in [3.8, 4) is 11.5 Å². The standard InChI is InChI=1S/C11H13BrO2/c1-13-11-6-9(12)4-5-10(11)14-7-8-2-3-8/h4-6,8H,2-3,7H2,1H3. The Labute approximate surface area is 92.3 Å². The normalized spacial score (nSPS) is 15.3. The minimum Gasteiger partial charge on any atom is -0.493 e. The first-order valence-electron chi connectivity index (χ1n) is 4.76. The number of rotatable bonds is 4. The molecule has 1 fully saturated rings. The highest BCUT2D eigenvalue weighted by molar-refractivity contribution is 9.10. The van der Waals surface area contributed by atoms with Crippen molar-refractivity contribution in [3.05, 3.63) is 22.7 Å². The summed E-state index contributed by atoms with van der Waals surface area (Å²) in [5.41, 5.74) is 0. The molecule has 76 valence electrons. The molecule has 14 heavy (non-hydrogen) atoms. The van der Waals surface area contributed by atoms with Gasteiger partial charge in [-0.1, -0.05) is 15.9 Å². The molecular weight excluding hydrogens is 244 g/mol. The molecule has 0 bridgehead atoms. The Hall–Kier alpha value is -0.700. The van der Waals surface area contributed by atoms with Crippen LogP contribution in [0.25, 0.3) is 0 Å². The van der Waals surface area contributed by atoms with Gasteiger partial charge in [-0.05, 0) is 37.0 Å². The minimum atomic E-state index is 0.767. The largest absolute Gasteiger partial charge is 0.493 e. The summed E-state index contributed by atoms with van der Waals surface area (Å²) >= 11 is 3.39. The van der Waals surface area contributed by atoms with Crippen LogP contribution in [0.2, 0.25) is 0 Å². The van der Waals surface area contributed by atoms with Crippen LogP contribution in [0.4, 0.5) is 0 Å². The molecule has 1 aliphatic carbocycles. The number of halogens is 1. The lowest BCUT2D eigenvalue weighted by atomic mass is 10.3. The fourth-order valence-corrected chi connectivity index (χ4v) is 1.59. The molecule has 0 aliphatic heterocycles. The fraction of sp³-hybridized carbons (Fsp3) is 0.455. The number of methoxy groups -OCH3 is 1. The first-order valence-corrected chi connectivity index (χ1v) is 5.55. The van der Waals surface area contributed by atoms with Crippen molar-refractivity contribution < 1.29 is 9.47 Å². The van der Waals surface area contributed by atoms with Gasteiger partial charge < -0.3 is 9.47 Å². The van der Waals surface area contributed by atoms with Crippen LogP contribution in [0.1, 0.15) is 12.8 Å². The first-order chi connectivity index (χ1) is 6.79. The molecule has 1 aliphatic rings. The summed E-state index contributed by atoms with van der Waals surface area (Å²) in [6.45, 7) is 0.817. The van der Waals surface area contributed by atoms with E-state index >= 15 is 0 Å². The summed E-state index contributed by atoms with van der Waals surface area (Å²) < 4.78 is 11.9. The maximum atomic E-state index is 5.66. The van der Waals surface area contributed by atoms with Gasteiger partial charge in [-0.2, -0.15) is 0 Å². The van der Waals surface area contributed by atoms with Crippen LogP contribution in [0, 0.1) is 5.92 Å². The molecule has 1 saturated carbocycles. The quantitative estimate of drug-likeness (QED) is 0.824. The van der Waals surface area contributed by atoms with Gasteiger partial charge in [-0.15, -0.1) is 0 Å². The predicted octanol–water partition coefficient (Wildman–Crippen LogP) is 3.25. The van der Waals surface area contributed by atoms with Crippen molar-refractivity contribution in [2.24, 2.45) is 5.92 Å². The lowest BCUT2D eigenvalue weighted by Crippen LogP contribution is -2.00. The molecule has 2 nitrogen and oxygen atoms in total. The van der Waals surface area contributed by atoms with Gasteiger partial charge in [0.05, 0.1) is 13.7 Å². The van der Waals surface area contributed by atoms with E-state index in [1.165, 1.54) is 12.8 Å². The maximum absolute atomic E-state index is 5.66. The highest BCUT2D eigenvalue weighted by atomic mass is 79.9. The van der Waals surface area contributed by atoms with E-state index in [0.29, 0.717) is 0 Å². The van der Waals surface area contributed by atoms with Crippen molar-refractivity contribution in [3.63, 3.8) is 0 Å². The topological polar surface area (TPSA) is 18.5 Å². The highest BCUT2D eigenvalue weighted by Gasteiger charge is 2.22. The van der Waals surface area contributed by atoms with Crippen LogP contribution in [0.5, 0.6) is 11.5 Å². The Morgan fingerprint density at radius 3 is 2.79 bits per heavy atom. The molecule has 0 saturated heterocycles. The van der Waals surface area contributed by atoms with E-state index in [4.69, 9.17) is 9.47 Å². The third-order valence-electron chi connectivity index (χ3n) is 2.30. The SMILES string of the molecule is COc1cc(Br)ccc1OCC1CC1. The van der Waals surface area contributed by atoms with Crippen LogP contribution in [-0.2, 0) is 0 Å². The maximum Gasteiger partial charge on any atom is 0.161 e. The second kappa shape index (κ2) is 4.22. The van der Waals surface area contributed by atoms with Crippen molar-refractivity contribution >= 4 is 15.9 Å². The van der Waals surface area contributed by atoms with Gasteiger partial charge in [0, 0.05) is 4.47 Å². The zero-order valence-electron chi connectivity index (χ0n) is 8.13. The van der Waals surface area contributed by atoms with Crippen molar-refractivity contribution in [1.82, 2.24) is 0 Å². The van der Waals surface area contributed by atoms with E-state index in [2.05, 4.69) is 15.9 Å². The number of hydrogen-bond donors (Lipinski definition) is 0. The van der Waals surface area contributed by atoms with E-state index in [-0.39, 0.29) is 0 Å². The van der Waals surface area contributed by atoms with E-state index in [0.717, 1.165) is 28.5 Å². The Kier molecular flexibility index (Phi) is 2.96. The molecule has 0 atom stereocenters. The number of benzene rings is 1. The minimum absolute atomic E-state index is 0.767. The molecule has 1 aromatic rings. The average Bonchev–Trinajstić information content (AvgIpc) is 2.99. The second-order valence-corrected chi connectivity index (χ2v) is 4.47. The van der Waals surface area contributed by atoms with Gasteiger partial charge in [0.15, 0.2) is 11.5 Å². The van der Waals surface area contributed by atoms with E-state index < -0.39 is 0 Å². The van der Waals surface area contributed by atoms with Gasteiger partial charge in [0.1, 0.15) is 0 Å². The summed E-state index contributed by atoms with van der Waals surface area (Å²) in [6, 6.07) is 5.82. The van der Waals surface area contributed by atoms with Crippen LogP contribution in [0.15, 0.2) is 22.7 Å². The van der Waals surface area contributed by atoms with Crippen LogP contribution in [-0.4, -0.2) is 13.7 Å². The predicted molar refractivity (Wildman–Crippen MR) is 58.9 cm³/mol. The lowest BCUT2D eigenvalue weighted by Gasteiger charge is -2.10. The summed E-state index contributed by atoms with van der Waals surface area (Å²) in [7, 11) is 1.66. The van der Waals surface area contributed by atoms with Crippen molar-refractivity contribution in [2.75, 3.05) is 13.7 Å². The molecule has 0 aromatic heterocycles. The highest BCUT2D eigenvalue weighted by Crippen LogP contribution is 2.34. The molecule has 3 heteroatoms. The molecule has 0 spiro atoms. The van der Waals surface area contributed by atoms with Crippen LogP contribution >= 0.6 is 15.9 Å². The monoisotopic (exact) mass is 256 g/mol.